The van der Waals surface area contributed by atoms with Gasteiger partial charge in [-0.2, -0.15) is 4.31 Å². The minimum absolute atomic E-state index is 0.158. The highest BCUT2D eigenvalue weighted by Gasteiger charge is 2.26. The Balaban J connectivity index is 1.70. The van der Waals surface area contributed by atoms with E-state index in [1.54, 1.807) is 12.1 Å². The summed E-state index contributed by atoms with van der Waals surface area (Å²) in [5, 5.41) is 3.40. The number of amides is 1. The summed E-state index contributed by atoms with van der Waals surface area (Å²) in [5.41, 5.74) is 3.45. The summed E-state index contributed by atoms with van der Waals surface area (Å²) in [6.07, 6.45) is 4.37. The molecule has 148 valence electrons. The van der Waals surface area contributed by atoms with E-state index in [0.717, 1.165) is 16.7 Å². The molecule has 1 amide bonds. The van der Waals surface area contributed by atoms with E-state index >= 15 is 0 Å². The maximum Gasteiger partial charge on any atom is 0.248 e. The van der Waals surface area contributed by atoms with Gasteiger partial charge in [-0.25, -0.2) is 8.42 Å². The lowest BCUT2D eigenvalue weighted by Gasteiger charge is -2.28. The van der Waals surface area contributed by atoms with Crippen LogP contribution in [0.2, 0.25) is 5.02 Å². The van der Waals surface area contributed by atoms with Crippen LogP contribution in [0.25, 0.3) is 6.08 Å². The normalized spacial score (nSPS) is 14.8. The van der Waals surface area contributed by atoms with E-state index in [4.69, 9.17) is 11.6 Å². The maximum absolute atomic E-state index is 12.3. The van der Waals surface area contributed by atoms with E-state index in [2.05, 4.69) is 5.32 Å². The molecular weight excluding hydrogens is 396 g/mol. The average Bonchev–Trinajstić information content (AvgIpc) is 2.67. The number of halogens is 1. The van der Waals surface area contributed by atoms with Crippen molar-refractivity contribution in [2.24, 2.45) is 0 Å². The smallest absolute Gasteiger partial charge is 0.248 e. The van der Waals surface area contributed by atoms with Gasteiger partial charge in [0.1, 0.15) is 0 Å². The minimum Gasteiger partial charge on any atom is -0.323 e. The van der Waals surface area contributed by atoms with Crippen LogP contribution >= 0.6 is 11.6 Å². The fourth-order valence-corrected chi connectivity index (χ4v) is 4.87. The fraction of sp³-hybridized carbons (Fsp3) is 0.286. The predicted octanol–water partition coefficient (Wildman–Crippen LogP) is 4.09. The summed E-state index contributed by atoms with van der Waals surface area (Å²) >= 11 is 6.08. The highest BCUT2D eigenvalue weighted by atomic mass is 35.5. The van der Waals surface area contributed by atoms with Gasteiger partial charge in [0.25, 0.3) is 0 Å². The Morgan fingerprint density at radius 3 is 2.75 bits per heavy atom. The zero-order chi connectivity index (χ0) is 20.1. The Bertz CT molecular complexity index is 1000. The monoisotopic (exact) mass is 418 g/mol. The van der Waals surface area contributed by atoms with Gasteiger partial charge in [0.15, 0.2) is 0 Å². The Labute approximate surface area is 171 Å². The van der Waals surface area contributed by atoms with Crippen LogP contribution in [0.1, 0.15) is 30.0 Å². The average molecular weight is 419 g/mol. The number of nitrogens with zero attached hydrogens (tertiary/aromatic N) is 1. The largest absolute Gasteiger partial charge is 0.323 e. The molecule has 7 heteroatoms. The molecule has 0 saturated carbocycles. The fourth-order valence-electron chi connectivity index (χ4n) is 3.19. The second kappa shape index (κ2) is 8.90. The van der Waals surface area contributed by atoms with Gasteiger partial charge >= 0.3 is 0 Å². The van der Waals surface area contributed by atoms with E-state index in [-0.39, 0.29) is 11.7 Å². The summed E-state index contributed by atoms with van der Waals surface area (Å²) in [7, 11) is -3.23. The van der Waals surface area contributed by atoms with Gasteiger partial charge < -0.3 is 5.32 Å². The van der Waals surface area contributed by atoms with Gasteiger partial charge in [-0.3, -0.25) is 4.79 Å². The molecule has 1 aliphatic rings. The molecule has 1 N–H and O–H groups in total. The van der Waals surface area contributed by atoms with E-state index in [1.165, 1.54) is 10.4 Å². The topological polar surface area (TPSA) is 66.5 Å². The number of rotatable bonds is 6. The molecule has 2 aromatic rings. The van der Waals surface area contributed by atoms with E-state index in [9.17, 15) is 13.2 Å². The molecule has 5 nitrogen and oxygen atoms in total. The van der Waals surface area contributed by atoms with Crippen molar-refractivity contribution in [3.8, 4) is 0 Å². The highest BCUT2D eigenvalue weighted by Crippen LogP contribution is 2.25. The number of fused-ring (bicyclic) bond motifs is 1. The number of nitrogens with one attached hydrogen (secondary N) is 1. The van der Waals surface area contributed by atoms with Crippen molar-refractivity contribution in [2.75, 3.05) is 17.6 Å². The van der Waals surface area contributed by atoms with Crippen LogP contribution in [0.3, 0.4) is 0 Å². The number of hydrogen-bond donors (Lipinski definition) is 1. The third-order valence-corrected chi connectivity index (χ3v) is 6.99. The van der Waals surface area contributed by atoms with Crippen molar-refractivity contribution in [1.29, 1.82) is 0 Å². The Hall–Kier alpha value is -2.15. The van der Waals surface area contributed by atoms with Crippen LogP contribution in [-0.4, -0.2) is 30.9 Å². The molecule has 1 aliphatic heterocycles. The molecule has 0 radical (unpaired) electrons. The SMILES string of the molecule is CCCS(=O)(=O)N1CCc2ccc(NC(=O)/C=C/c3ccccc3Cl)cc2C1. The van der Waals surface area contributed by atoms with Gasteiger partial charge in [0.05, 0.1) is 5.75 Å². The first-order valence-electron chi connectivity index (χ1n) is 9.22. The number of benzene rings is 2. The third kappa shape index (κ3) is 5.01. The van der Waals surface area contributed by atoms with Gasteiger partial charge in [0.2, 0.25) is 15.9 Å². The quantitative estimate of drug-likeness (QED) is 0.718. The maximum atomic E-state index is 12.3. The Morgan fingerprint density at radius 2 is 2.00 bits per heavy atom. The molecule has 0 bridgehead atoms. The summed E-state index contributed by atoms with van der Waals surface area (Å²) in [5.74, 6) is -0.114. The molecule has 28 heavy (non-hydrogen) atoms. The molecular formula is C21H23ClN2O3S. The van der Waals surface area contributed by atoms with Gasteiger partial charge in [-0.1, -0.05) is 42.8 Å². The first-order valence-corrected chi connectivity index (χ1v) is 11.2. The molecule has 3 rings (SSSR count). The highest BCUT2D eigenvalue weighted by molar-refractivity contribution is 7.89. The zero-order valence-corrected chi connectivity index (χ0v) is 17.3. The van der Waals surface area contributed by atoms with Crippen LogP contribution in [0.5, 0.6) is 0 Å². The molecule has 0 aromatic heterocycles. The number of anilines is 1. The number of carbonyl (C=O) groups excluding carboxylic acids is 1. The second-order valence-corrected chi connectivity index (χ2v) is 9.22. The molecule has 0 fully saturated rings. The first kappa shape index (κ1) is 20.6. The van der Waals surface area contributed by atoms with Gasteiger partial charge in [0, 0.05) is 29.9 Å². The number of sulfonamides is 1. The van der Waals surface area contributed by atoms with E-state index in [1.807, 2.05) is 43.3 Å². The van der Waals surface area contributed by atoms with Crippen LogP contribution in [0, 0.1) is 0 Å². The molecule has 2 aromatic carbocycles. The van der Waals surface area contributed by atoms with E-state index in [0.29, 0.717) is 36.6 Å². The Morgan fingerprint density at radius 1 is 1.21 bits per heavy atom. The van der Waals surface area contributed by atoms with Crippen LogP contribution in [-0.2, 0) is 27.8 Å². The predicted molar refractivity (Wildman–Crippen MR) is 114 cm³/mol. The van der Waals surface area contributed by atoms with Crippen molar-refractivity contribution in [3.05, 3.63) is 70.3 Å². The molecule has 0 atom stereocenters. The van der Waals surface area contributed by atoms with Crippen LogP contribution < -0.4 is 5.32 Å². The second-order valence-electron chi connectivity index (χ2n) is 6.73. The number of carbonyl (C=O) groups is 1. The lowest BCUT2D eigenvalue weighted by Crippen LogP contribution is -2.37. The Kier molecular flexibility index (Phi) is 6.54. The number of hydrogen-bond acceptors (Lipinski definition) is 3. The summed E-state index contributed by atoms with van der Waals surface area (Å²) in [4.78, 5) is 12.2. The molecule has 0 unspecified atom stereocenters. The summed E-state index contributed by atoms with van der Waals surface area (Å²) in [6.45, 7) is 2.71. The summed E-state index contributed by atoms with van der Waals surface area (Å²) < 4.78 is 26.2. The summed E-state index contributed by atoms with van der Waals surface area (Å²) in [6, 6.07) is 12.9. The van der Waals surface area contributed by atoms with E-state index < -0.39 is 10.0 Å². The van der Waals surface area contributed by atoms with Crippen molar-refractivity contribution >= 4 is 39.3 Å². The first-order chi connectivity index (χ1) is 13.4. The lowest BCUT2D eigenvalue weighted by molar-refractivity contribution is -0.111. The van der Waals surface area contributed by atoms with Gasteiger partial charge in [-0.15, -0.1) is 0 Å². The van der Waals surface area contributed by atoms with Crippen molar-refractivity contribution in [1.82, 2.24) is 4.31 Å². The van der Waals surface area contributed by atoms with Crippen LogP contribution in [0.4, 0.5) is 5.69 Å². The van der Waals surface area contributed by atoms with Crippen LogP contribution in [0.15, 0.2) is 48.5 Å². The lowest BCUT2D eigenvalue weighted by atomic mass is 10.0. The van der Waals surface area contributed by atoms with Crippen molar-refractivity contribution in [3.63, 3.8) is 0 Å². The van der Waals surface area contributed by atoms with Crippen molar-refractivity contribution < 1.29 is 13.2 Å². The zero-order valence-electron chi connectivity index (χ0n) is 15.7. The molecule has 0 spiro atoms. The molecule has 0 aliphatic carbocycles. The molecule has 0 saturated heterocycles. The molecule has 1 heterocycles. The minimum atomic E-state index is -3.23. The van der Waals surface area contributed by atoms with Gasteiger partial charge in [-0.05, 0) is 53.8 Å². The standard InChI is InChI=1S/C21H23ClN2O3S/c1-2-13-28(26,27)24-12-11-16-7-9-19(14-18(16)15-24)23-21(25)10-8-17-5-3-4-6-20(17)22/h3-10,14H,2,11-13,15H2,1H3,(H,23,25)/b10-8+. The van der Waals surface area contributed by atoms with Crippen molar-refractivity contribution in [2.45, 2.75) is 26.3 Å². The third-order valence-electron chi connectivity index (χ3n) is 4.63.